The molecular formula is C19H26N3O5P. The zero-order valence-corrected chi connectivity index (χ0v) is 17.6. The van der Waals surface area contributed by atoms with Crippen molar-refractivity contribution < 1.29 is 23.5 Å². The van der Waals surface area contributed by atoms with E-state index in [2.05, 4.69) is 15.3 Å². The molecule has 1 aromatic carbocycles. The molecule has 1 heterocycles. The average molecular weight is 407 g/mol. The van der Waals surface area contributed by atoms with E-state index in [9.17, 15) is 9.67 Å². The quantitative estimate of drug-likeness (QED) is 0.587. The van der Waals surface area contributed by atoms with Gasteiger partial charge in [-0.15, -0.1) is 0 Å². The predicted octanol–water partition coefficient (Wildman–Crippen LogP) is 4.48. The fourth-order valence-electron chi connectivity index (χ4n) is 2.50. The van der Waals surface area contributed by atoms with E-state index in [1.54, 1.807) is 45.3 Å². The van der Waals surface area contributed by atoms with Crippen molar-refractivity contribution in [3.63, 3.8) is 0 Å². The molecule has 0 aliphatic rings. The highest BCUT2D eigenvalue weighted by molar-refractivity contribution is 7.65. The van der Waals surface area contributed by atoms with Crippen molar-refractivity contribution in [1.29, 1.82) is 0 Å². The Morgan fingerprint density at radius 1 is 1.18 bits per heavy atom. The summed E-state index contributed by atoms with van der Waals surface area (Å²) in [6, 6.07) is 3.28. The van der Waals surface area contributed by atoms with Gasteiger partial charge in [-0.3, -0.25) is 9.55 Å². The van der Waals surface area contributed by atoms with Gasteiger partial charge in [-0.1, -0.05) is 0 Å². The van der Waals surface area contributed by atoms with Crippen molar-refractivity contribution in [2.24, 2.45) is 0 Å². The third-order valence-electron chi connectivity index (χ3n) is 3.81. The Bertz CT molecular complexity index is 874. The van der Waals surface area contributed by atoms with E-state index in [4.69, 9.17) is 13.8 Å². The first-order chi connectivity index (χ1) is 13.3. The minimum atomic E-state index is -3.65. The van der Waals surface area contributed by atoms with Crippen LogP contribution in [0.15, 0.2) is 30.7 Å². The molecule has 8 nitrogen and oxygen atoms in total. The van der Waals surface area contributed by atoms with Crippen LogP contribution in [0.1, 0.15) is 30.7 Å². The van der Waals surface area contributed by atoms with Crippen molar-refractivity contribution in [1.82, 2.24) is 9.97 Å². The van der Waals surface area contributed by atoms with Crippen LogP contribution in [0.2, 0.25) is 0 Å². The number of anilines is 1. The third kappa shape index (κ3) is 5.10. The van der Waals surface area contributed by atoms with Gasteiger partial charge >= 0.3 is 7.60 Å². The molecule has 0 saturated carbocycles. The molecule has 1 aromatic heterocycles. The maximum atomic E-state index is 13.5. The van der Waals surface area contributed by atoms with Gasteiger partial charge < -0.3 is 24.2 Å². The summed E-state index contributed by atoms with van der Waals surface area (Å²) < 4.78 is 29.8. The van der Waals surface area contributed by atoms with Crippen LogP contribution in [0.3, 0.4) is 0 Å². The highest BCUT2D eigenvalue weighted by atomic mass is 31.2. The van der Waals surface area contributed by atoms with Gasteiger partial charge in [0, 0.05) is 6.20 Å². The molecule has 0 bridgehead atoms. The van der Waals surface area contributed by atoms with Crippen LogP contribution in [-0.4, -0.2) is 35.4 Å². The van der Waals surface area contributed by atoms with E-state index >= 15 is 0 Å². The van der Waals surface area contributed by atoms with Gasteiger partial charge in [0.25, 0.3) is 0 Å². The summed E-state index contributed by atoms with van der Waals surface area (Å²) in [5, 5.41) is 13.4. The van der Waals surface area contributed by atoms with Crippen LogP contribution in [-0.2, 0) is 13.6 Å². The highest BCUT2D eigenvalue weighted by Gasteiger charge is 2.32. The SMILES string of the molecule is CCOP(=O)(OCC)C(=CNc1cnc(C)cn1)c1cc(C)c(O)c(OC)c1. The Balaban J connectivity index is 2.58. The first-order valence-electron chi connectivity index (χ1n) is 8.87. The second-order valence-electron chi connectivity index (χ2n) is 5.89. The number of hydrogen-bond donors (Lipinski definition) is 2. The van der Waals surface area contributed by atoms with E-state index in [-0.39, 0.29) is 24.7 Å². The smallest absolute Gasteiger partial charge is 0.363 e. The number of hydrogen-bond acceptors (Lipinski definition) is 8. The van der Waals surface area contributed by atoms with E-state index in [1.165, 1.54) is 13.3 Å². The number of phenolic OH excluding ortho intramolecular Hbond substituents is 1. The lowest BCUT2D eigenvalue weighted by Gasteiger charge is -2.21. The fraction of sp³-hybridized carbons (Fsp3) is 0.368. The van der Waals surface area contributed by atoms with Gasteiger partial charge in [-0.25, -0.2) is 4.98 Å². The Labute approximate surface area is 165 Å². The van der Waals surface area contributed by atoms with Crippen LogP contribution in [0, 0.1) is 13.8 Å². The molecule has 0 fully saturated rings. The standard InChI is InChI=1S/C19H26N3O5P/c1-6-26-28(24,27-7-2)17(11-22-18-12-20-14(4)10-21-18)15-8-13(3)19(23)16(9-15)25-5/h8-12,23H,6-7H2,1-5H3,(H,21,22). The first kappa shape index (κ1) is 21.9. The van der Waals surface area contributed by atoms with Gasteiger partial charge in [-0.05, 0) is 51.0 Å². The van der Waals surface area contributed by atoms with Crippen LogP contribution in [0.4, 0.5) is 5.82 Å². The number of aromatic hydroxyl groups is 1. The maximum absolute atomic E-state index is 13.5. The Hall–Kier alpha value is -2.41. The molecule has 0 saturated heterocycles. The summed E-state index contributed by atoms with van der Waals surface area (Å²) in [6.07, 6.45) is 4.71. The first-order valence-corrected chi connectivity index (χ1v) is 10.4. The summed E-state index contributed by atoms with van der Waals surface area (Å²) in [7, 11) is -2.20. The second kappa shape index (κ2) is 9.68. The molecule has 0 radical (unpaired) electrons. The van der Waals surface area contributed by atoms with Gasteiger partial charge in [0.1, 0.15) is 5.82 Å². The zero-order valence-electron chi connectivity index (χ0n) is 16.7. The largest absolute Gasteiger partial charge is 0.504 e. The monoisotopic (exact) mass is 407 g/mol. The molecule has 0 aliphatic carbocycles. The number of benzene rings is 1. The molecule has 2 N–H and O–H groups in total. The second-order valence-corrected chi connectivity index (χ2v) is 7.89. The third-order valence-corrected chi connectivity index (χ3v) is 5.99. The molecule has 2 rings (SSSR count). The van der Waals surface area contributed by atoms with Crippen LogP contribution in [0.25, 0.3) is 5.31 Å². The van der Waals surface area contributed by atoms with E-state index < -0.39 is 7.60 Å². The van der Waals surface area contributed by atoms with Crippen LogP contribution < -0.4 is 10.1 Å². The Kier molecular flexibility index (Phi) is 7.57. The number of phenols is 1. The molecule has 0 amide bonds. The molecular weight excluding hydrogens is 381 g/mol. The number of methoxy groups -OCH3 is 1. The van der Waals surface area contributed by atoms with E-state index in [0.717, 1.165) is 5.69 Å². The molecule has 9 heteroatoms. The Morgan fingerprint density at radius 3 is 2.39 bits per heavy atom. The lowest BCUT2D eigenvalue weighted by molar-refractivity contribution is 0.230. The summed E-state index contributed by atoms with van der Waals surface area (Å²) in [5.41, 5.74) is 1.88. The number of rotatable bonds is 9. The molecule has 2 aromatic rings. The number of nitrogens with zero attached hydrogens (tertiary/aromatic N) is 2. The minimum absolute atomic E-state index is 0.0191. The maximum Gasteiger partial charge on any atom is 0.363 e. The number of aromatic nitrogens is 2. The molecule has 28 heavy (non-hydrogen) atoms. The number of nitrogens with one attached hydrogen (secondary N) is 1. The van der Waals surface area contributed by atoms with Crippen molar-refractivity contribution in [3.8, 4) is 11.5 Å². The van der Waals surface area contributed by atoms with Crippen LogP contribution >= 0.6 is 7.60 Å². The molecule has 0 aliphatic heterocycles. The van der Waals surface area contributed by atoms with Gasteiger partial charge in [0.15, 0.2) is 11.5 Å². The predicted molar refractivity (Wildman–Crippen MR) is 109 cm³/mol. The van der Waals surface area contributed by atoms with Crippen molar-refractivity contribution >= 4 is 18.7 Å². The average Bonchev–Trinajstić information content (AvgIpc) is 2.66. The lowest BCUT2D eigenvalue weighted by atomic mass is 10.1. The molecule has 0 spiro atoms. The van der Waals surface area contributed by atoms with Crippen molar-refractivity contribution in [2.75, 3.05) is 25.6 Å². The van der Waals surface area contributed by atoms with Gasteiger partial charge in [0.2, 0.25) is 0 Å². The van der Waals surface area contributed by atoms with Crippen molar-refractivity contribution in [2.45, 2.75) is 27.7 Å². The fourth-order valence-corrected chi connectivity index (χ4v) is 4.20. The van der Waals surface area contributed by atoms with Crippen molar-refractivity contribution in [3.05, 3.63) is 47.5 Å². The summed E-state index contributed by atoms with van der Waals surface area (Å²) >= 11 is 0. The number of ether oxygens (including phenoxy) is 1. The Morgan fingerprint density at radius 2 is 1.86 bits per heavy atom. The topological polar surface area (TPSA) is 103 Å². The zero-order chi connectivity index (χ0) is 20.7. The minimum Gasteiger partial charge on any atom is -0.504 e. The molecule has 152 valence electrons. The highest BCUT2D eigenvalue weighted by Crippen LogP contribution is 2.61. The van der Waals surface area contributed by atoms with Gasteiger partial charge in [0.05, 0.1) is 43.7 Å². The molecule has 0 unspecified atom stereocenters. The van der Waals surface area contributed by atoms with Gasteiger partial charge in [-0.2, -0.15) is 0 Å². The summed E-state index contributed by atoms with van der Waals surface area (Å²) in [5.74, 6) is 0.756. The van der Waals surface area contributed by atoms with E-state index in [0.29, 0.717) is 22.3 Å². The van der Waals surface area contributed by atoms with E-state index in [1.807, 2.05) is 6.92 Å². The summed E-state index contributed by atoms with van der Waals surface area (Å²) in [4.78, 5) is 8.41. The van der Waals surface area contributed by atoms with Crippen LogP contribution in [0.5, 0.6) is 11.5 Å². The summed E-state index contributed by atoms with van der Waals surface area (Å²) in [6.45, 7) is 7.45. The normalized spacial score (nSPS) is 12.1. The lowest BCUT2D eigenvalue weighted by Crippen LogP contribution is -2.03. The number of aryl methyl sites for hydroxylation is 2. The molecule has 0 atom stereocenters.